The predicted octanol–water partition coefficient (Wildman–Crippen LogP) is 5.78. The highest BCUT2D eigenvalue weighted by Crippen LogP contribution is 2.45. The molecule has 1 unspecified atom stereocenters. The Bertz CT molecular complexity index is 1200. The van der Waals surface area contributed by atoms with Crippen molar-refractivity contribution in [3.63, 3.8) is 0 Å². The van der Waals surface area contributed by atoms with Gasteiger partial charge in [0.25, 0.3) is 0 Å². The molecule has 3 aromatic carbocycles. The molecule has 172 valence electrons. The SMILES string of the molecule is CCN(CC)CCOc1ccc(C(O)c2c(-c3ccc(O)cc3)sc3cc(O)ccc23)cc1. The molecular formula is C27H29NO4S. The minimum atomic E-state index is -0.850. The molecular weight excluding hydrogens is 434 g/mol. The number of ether oxygens (including phenoxy) is 1. The van der Waals surface area contributed by atoms with Crippen LogP contribution in [0.25, 0.3) is 20.5 Å². The monoisotopic (exact) mass is 463 g/mol. The average molecular weight is 464 g/mol. The molecule has 0 fully saturated rings. The van der Waals surface area contributed by atoms with Crippen LogP contribution >= 0.6 is 11.3 Å². The summed E-state index contributed by atoms with van der Waals surface area (Å²) in [4.78, 5) is 3.21. The van der Waals surface area contributed by atoms with E-state index >= 15 is 0 Å². The molecule has 0 aliphatic rings. The maximum absolute atomic E-state index is 11.4. The molecule has 1 aromatic heterocycles. The summed E-state index contributed by atoms with van der Waals surface area (Å²) in [5, 5.41) is 31.9. The minimum absolute atomic E-state index is 0.188. The number of hydrogen-bond donors (Lipinski definition) is 3. The van der Waals surface area contributed by atoms with Gasteiger partial charge in [0.15, 0.2) is 0 Å². The van der Waals surface area contributed by atoms with E-state index in [-0.39, 0.29) is 11.5 Å². The van der Waals surface area contributed by atoms with Gasteiger partial charge >= 0.3 is 0 Å². The van der Waals surface area contributed by atoms with Gasteiger partial charge in [0.05, 0.1) is 0 Å². The molecule has 1 atom stereocenters. The molecule has 0 aliphatic carbocycles. The third-order valence-corrected chi connectivity index (χ3v) is 7.10. The predicted molar refractivity (Wildman–Crippen MR) is 134 cm³/mol. The Labute approximate surface area is 198 Å². The summed E-state index contributed by atoms with van der Waals surface area (Å²) < 4.78 is 6.77. The quantitative estimate of drug-likeness (QED) is 0.293. The summed E-state index contributed by atoms with van der Waals surface area (Å²) in [5.74, 6) is 1.15. The topological polar surface area (TPSA) is 73.2 Å². The van der Waals surface area contributed by atoms with Gasteiger partial charge in [-0.2, -0.15) is 0 Å². The lowest BCUT2D eigenvalue weighted by Crippen LogP contribution is -2.27. The average Bonchev–Trinajstić information content (AvgIpc) is 3.20. The molecule has 4 rings (SSSR count). The van der Waals surface area contributed by atoms with Crippen LogP contribution in [0.15, 0.2) is 66.7 Å². The third kappa shape index (κ3) is 5.14. The lowest BCUT2D eigenvalue weighted by molar-refractivity contribution is 0.219. The van der Waals surface area contributed by atoms with Crippen molar-refractivity contribution >= 4 is 21.4 Å². The van der Waals surface area contributed by atoms with Crippen molar-refractivity contribution in [1.29, 1.82) is 0 Å². The zero-order chi connectivity index (χ0) is 23.4. The molecule has 6 heteroatoms. The van der Waals surface area contributed by atoms with Crippen molar-refractivity contribution in [2.75, 3.05) is 26.2 Å². The highest BCUT2D eigenvalue weighted by Gasteiger charge is 2.22. The molecule has 3 N–H and O–H groups in total. The van der Waals surface area contributed by atoms with E-state index in [4.69, 9.17) is 4.74 Å². The number of thiophene rings is 1. The molecule has 33 heavy (non-hydrogen) atoms. The number of aliphatic hydroxyl groups excluding tert-OH is 1. The Morgan fingerprint density at radius 1 is 0.879 bits per heavy atom. The van der Waals surface area contributed by atoms with Crippen molar-refractivity contribution in [2.24, 2.45) is 0 Å². The van der Waals surface area contributed by atoms with Gasteiger partial charge < -0.3 is 25.0 Å². The number of nitrogens with zero attached hydrogens (tertiary/aromatic N) is 1. The standard InChI is InChI=1S/C27H29NO4S/c1-3-28(4-2)15-16-32-22-12-7-18(8-13-22)26(31)25-23-14-11-21(30)17-24(23)33-27(25)19-5-9-20(29)10-6-19/h5-14,17,26,29-31H,3-4,15-16H2,1-2H3. The van der Waals surface area contributed by atoms with E-state index < -0.39 is 6.10 Å². The molecule has 0 radical (unpaired) electrons. The number of fused-ring (bicyclic) bond motifs is 1. The second-order valence-corrected chi connectivity index (χ2v) is 8.97. The van der Waals surface area contributed by atoms with Gasteiger partial charge in [0, 0.05) is 21.7 Å². The highest BCUT2D eigenvalue weighted by molar-refractivity contribution is 7.22. The fourth-order valence-electron chi connectivity index (χ4n) is 3.95. The normalized spacial score (nSPS) is 12.4. The van der Waals surface area contributed by atoms with E-state index in [0.717, 1.165) is 57.0 Å². The second kappa shape index (κ2) is 10.3. The van der Waals surface area contributed by atoms with Crippen molar-refractivity contribution in [1.82, 2.24) is 4.90 Å². The van der Waals surface area contributed by atoms with Gasteiger partial charge in [-0.15, -0.1) is 11.3 Å². The molecule has 4 aromatic rings. The Hall–Kier alpha value is -3.06. The lowest BCUT2D eigenvalue weighted by atomic mass is 9.96. The number of phenols is 2. The minimum Gasteiger partial charge on any atom is -0.508 e. The molecule has 1 heterocycles. The summed E-state index contributed by atoms with van der Waals surface area (Å²) in [6.45, 7) is 7.78. The Morgan fingerprint density at radius 3 is 2.21 bits per heavy atom. The van der Waals surface area contributed by atoms with E-state index in [1.165, 1.54) is 11.3 Å². The van der Waals surface area contributed by atoms with Crippen LogP contribution in [-0.4, -0.2) is 46.5 Å². The van der Waals surface area contributed by atoms with E-state index in [2.05, 4.69) is 18.7 Å². The van der Waals surface area contributed by atoms with Crippen molar-refractivity contribution in [2.45, 2.75) is 20.0 Å². The fraction of sp³-hybridized carbons (Fsp3) is 0.259. The smallest absolute Gasteiger partial charge is 0.119 e. The van der Waals surface area contributed by atoms with Crippen LogP contribution in [0, 0.1) is 0 Å². The van der Waals surface area contributed by atoms with Crippen LogP contribution in [0.3, 0.4) is 0 Å². The maximum atomic E-state index is 11.4. The van der Waals surface area contributed by atoms with Gasteiger partial charge in [-0.25, -0.2) is 0 Å². The molecule has 5 nitrogen and oxygen atoms in total. The molecule has 0 aliphatic heterocycles. The van der Waals surface area contributed by atoms with Crippen LogP contribution in [0.4, 0.5) is 0 Å². The zero-order valence-corrected chi connectivity index (χ0v) is 19.7. The third-order valence-electron chi connectivity index (χ3n) is 5.88. The summed E-state index contributed by atoms with van der Waals surface area (Å²) >= 11 is 1.51. The first-order chi connectivity index (χ1) is 16.0. The van der Waals surface area contributed by atoms with Gasteiger partial charge in [-0.05, 0) is 84.2 Å². The molecule has 0 saturated carbocycles. The first-order valence-corrected chi connectivity index (χ1v) is 12.0. The summed E-state index contributed by atoms with van der Waals surface area (Å²) in [6, 6.07) is 19.7. The molecule has 0 amide bonds. The molecule has 0 saturated heterocycles. The summed E-state index contributed by atoms with van der Waals surface area (Å²) in [7, 11) is 0. The fourth-order valence-corrected chi connectivity index (χ4v) is 5.22. The number of phenolic OH excluding ortho intramolecular Hbond substituents is 2. The van der Waals surface area contributed by atoms with Gasteiger partial charge in [0.1, 0.15) is 30.0 Å². The molecule has 0 bridgehead atoms. The number of rotatable bonds is 9. The van der Waals surface area contributed by atoms with Crippen molar-refractivity contribution < 1.29 is 20.1 Å². The Morgan fingerprint density at radius 2 is 1.55 bits per heavy atom. The van der Waals surface area contributed by atoms with Crippen LogP contribution in [0.5, 0.6) is 17.2 Å². The van der Waals surface area contributed by atoms with E-state index in [0.29, 0.717) is 6.61 Å². The first kappa shape index (κ1) is 23.1. The first-order valence-electron chi connectivity index (χ1n) is 11.2. The van der Waals surface area contributed by atoms with E-state index in [1.54, 1.807) is 24.3 Å². The zero-order valence-electron chi connectivity index (χ0n) is 18.9. The van der Waals surface area contributed by atoms with Crippen LogP contribution < -0.4 is 4.74 Å². The highest BCUT2D eigenvalue weighted by atomic mass is 32.1. The largest absolute Gasteiger partial charge is 0.508 e. The number of likely N-dealkylation sites (N-methyl/N-ethyl adjacent to an activating group) is 1. The Kier molecular flexibility index (Phi) is 7.18. The van der Waals surface area contributed by atoms with Crippen molar-refractivity contribution in [3.8, 4) is 27.7 Å². The van der Waals surface area contributed by atoms with Gasteiger partial charge in [-0.1, -0.05) is 26.0 Å². The van der Waals surface area contributed by atoms with Crippen molar-refractivity contribution in [3.05, 3.63) is 77.9 Å². The number of benzene rings is 3. The second-order valence-electron chi connectivity index (χ2n) is 7.92. The lowest BCUT2D eigenvalue weighted by Gasteiger charge is -2.18. The van der Waals surface area contributed by atoms with Gasteiger partial charge in [0.2, 0.25) is 0 Å². The molecule has 0 spiro atoms. The maximum Gasteiger partial charge on any atom is 0.119 e. The number of aliphatic hydroxyl groups is 1. The summed E-state index contributed by atoms with van der Waals surface area (Å²) in [5.41, 5.74) is 2.45. The van der Waals surface area contributed by atoms with E-state index in [1.807, 2.05) is 42.5 Å². The Balaban J connectivity index is 1.63. The van der Waals surface area contributed by atoms with Gasteiger partial charge in [-0.3, -0.25) is 0 Å². The van der Waals surface area contributed by atoms with Crippen LogP contribution in [0.2, 0.25) is 0 Å². The van der Waals surface area contributed by atoms with E-state index in [9.17, 15) is 15.3 Å². The summed E-state index contributed by atoms with van der Waals surface area (Å²) in [6.07, 6.45) is -0.850. The number of hydrogen-bond acceptors (Lipinski definition) is 6. The van der Waals surface area contributed by atoms with Crippen LogP contribution in [-0.2, 0) is 0 Å². The number of aromatic hydroxyl groups is 2. The van der Waals surface area contributed by atoms with Crippen LogP contribution in [0.1, 0.15) is 31.1 Å².